The molecule has 0 aliphatic carbocycles. The average Bonchev–Trinajstić information content (AvgIpc) is 2.36. The maximum Gasteiger partial charge on any atom is 0.251 e. The molecule has 0 saturated heterocycles. The van der Waals surface area contributed by atoms with E-state index in [-0.39, 0.29) is 5.56 Å². The molecule has 0 saturated carbocycles. The number of nitrogens with zero attached hydrogens (tertiary/aromatic N) is 1. The topological polar surface area (TPSA) is 90.2 Å². The van der Waals surface area contributed by atoms with Crippen molar-refractivity contribution in [1.29, 1.82) is 0 Å². The van der Waals surface area contributed by atoms with E-state index in [1.165, 1.54) is 20.3 Å². The van der Waals surface area contributed by atoms with E-state index in [1.807, 2.05) is 0 Å². The summed E-state index contributed by atoms with van der Waals surface area (Å²) in [4.78, 5) is 18.3. The fourth-order valence-electron chi connectivity index (χ4n) is 1.87. The number of nitrogens with one attached hydrogen (secondary N) is 1. The van der Waals surface area contributed by atoms with Gasteiger partial charge < -0.3 is 20.2 Å². The SMILES string of the molecule is COc1cc(-c2cc(=O)[nH]c(C)n2)cc(N)c1OC. The molecular weight excluding hydrogens is 246 g/mol. The Bertz CT molecular complexity index is 665. The highest BCUT2D eigenvalue weighted by Gasteiger charge is 2.12. The maximum absolute atomic E-state index is 11.5. The highest BCUT2D eigenvalue weighted by Crippen LogP contribution is 2.37. The molecule has 0 aliphatic rings. The Hall–Kier alpha value is -2.50. The first kappa shape index (κ1) is 12.9. The van der Waals surface area contributed by atoms with Crippen molar-refractivity contribution < 1.29 is 9.47 Å². The zero-order valence-electron chi connectivity index (χ0n) is 11.0. The predicted molar refractivity (Wildman–Crippen MR) is 72.5 cm³/mol. The Labute approximate surface area is 110 Å². The molecule has 3 N–H and O–H groups in total. The van der Waals surface area contributed by atoms with Gasteiger partial charge in [-0.1, -0.05) is 0 Å². The smallest absolute Gasteiger partial charge is 0.251 e. The normalized spacial score (nSPS) is 10.3. The lowest BCUT2D eigenvalue weighted by molar-refractivity contribution is 0.356. The fraction of sp³-hybridized carbons (Fsp3) is 0.231. The summed E-state index contributed by atoms with van der Waals surface area (Å²) in [5.41, 5.74) is 7.35. The summed E-state index contributed by atoms with van der Waals surface area (Å²) in [6.45, 7) is 1.72. The van der Waals surface area contributed by atoms with Crippen LogP contribution in [0.1, 0.15) is 5.82 Å². The molecule has 2 rings (SSSR count). The highest BCUT2D eigenvalue weighted by molar-refractivity contribution is 5.73. The molecule has 2 aromatic rings. The largest absolute Gasteiger partial charge is 0.493 e. The first-order chi connectivity index (χ1) is 9.05. The van der Waals surface area contributed by atoms with Gasteiger partial charge in [-0.25, -0.2) is 4.98 Å². The molecule has 0 amide bonds. The lowest BCUT2D eigenvalue weighted by Crippen LogP contribution is -2.08. The number of benzene rings is 1. The average molecular weight is 261 g/mol. The van der Waals surface area contributed by atoms with E-state index in [0.717, 1.165) is 0 Å². The molecule has 1 aromatic heterocycles. The van der Waals surface area contributed by atoms with E-state index in [0.29, 0.717) is 34.3 Å². The Morgan fingerprint density at radius 3 is 2.53 bits per heavy atom. The van der Waals surface area contributed by atoms with E-state index in [9.17, 15) is 4.79 Å². The van der Waals surface area contributed by atoms with Crippen molar-refractivity contribution in [1.82, 2.24) is 9.97 Å². The third-order valence-electron chi connectivity index (χ3n) is 2.66. The molecule has 1 heterocycles. The molecule has 6 nitrogen and oxygen atoms in total. The number of H-pyrrole nitrogens is 1. The molecule has 0 radical (unpaired) electrons. The number of rotatable bonds is 3. The van der Waals surface area contributed by atoms with Crippen molar-refractivity contribution in [2.75, 3.05) is 20.0 Å². The zero-order chi connectivity index (χ0) is 14.0. The monoisotopic (exact) mass is 261 g/mol. The van der Waals surface area contributed by atoms with Crippen LogP contribution in [0.25, 0.3) is 11.3 Å². The summed E-state index contributed by atoms with van der Waals surface area (Å²) < 4.78 is 10.4. The van der Waals surface area contributed by atoms with Gasteiger partial charge in [0.2, 0.25) is 0 Å². The number of aromatic nitrogens is 2. The Kier molecular flexibility index (Phi) is 3.41. The minimum absolute atomic E-state index is 0.212. The number of anilines is 1. The lowest BCUT2D eigenvalue weighted by Gasteiger charge is -2.12. The predicted octanol–water partition coefficient (Wildman–Crippen LogP) is 1.34. The Balaban J connectivity index is 2.63. The zero-order valence-corrected chi connectivity index (χ0v) is 11.0. The minimum Gasteiger partial charge on any atom is -0.493 e. The molecule has 0 unspecified atom stereocenters. The van der Waals surface area contributed by atoms with E-state index in [2.05, 4.69) is 9.97 Å². The number of nitrogens with two attached hydrogens (primary N) is 1. The maximum atomic E-state index is 11.5. The van der Waals surface area contributed by atoms with Crippen molar-refractivity contribution in [3.05, 3.63) is 34.4 Å². The molecule has 1 aromatic carbocycles. The van der Waals surface area contributed by atoms with Crippen molar-refractivity contribution in [3.8, 4) is 22.8 Å². The third-order valence-corrected chi connectivity index (χ3v) is 2.66. The number of hydrogen-bond donors (Lipinski definition) is 2. The van der Waals surface area contributed by atoms with Gasteiger partial charge in [-0.05, 0) is 19.1 Å². The van der Waals surface area contributed by atoms with Crippen molar-refractivity contribution in [2.45, 2.75) is 6.92 Å². The number of methoxy groups -OCH3 is 2. The number of ether oxygens (including phenoxy) is 2. The van der Waals surface area contributed by atoms with Crippen LogP contribution in [-0.2, 0) is 0 Å². The van der Waals surface area contributed by atoms with Gasteiger partial charge in [0.1, 0.15) is 5.82 Å². The van der Waals surface area contributed by atoms with Crippen molar-refractivity contribution in [3.63, 3.8) is 0 Å². The fourth-order valence-corrected chi connectivity index (χ4v) is 1.87. The van der Waals surface area contributed by atoms with Gasteiger partial charge in [0.05, 0.1) is 25.6 Å². The molecule has 0 spiro atoms. The third kappa shape index (κ3) is 2.52. The van der Waals surface area contributed by atoms with Crippen LogP contribution in [-0.4, -0.2) is 24.2 Å². The van der Waals surface area contributed by atoms with Crippen LogP contribution in [0.4, 0.5) is 5.69 Å². The van der Waals surface area contributed by atoms with Crippen LogP contribution in [0.5, 0.6) is 11.5 Å². The molecule has 0 atom stereocenters. The van der Waals surface area contributed by atoms with Crippen LogP contribution in [0.15, 0.2) is 23.0 Å². The second kappa shape index (κ2) is 5.01. The summed E-state index contributed by atoms with van der Waals surface area (Å²) >= 11 is 0. The van der Waals surface area contributed by atoms with Gasteiger partial charge in [0.15, 0.2) is 11.5 Å². The van der Waals surface area contributed by atoms with E-state index in [1.54, 1.807) is 19.1 Å². The second-order valence-electron chi connectivity index (χ2n) is 4.02. The number of aryl methyl sites for hydroxylation is 1. The number of nitrogen functional groups attached to an aromatic ring is 1. The summed E-state index contributed by atoms with van der Waals surface area (Å²) in [6, 6.07) is 4.84. The molecule has 0 bridgehead atoms. The van der Waals surface area contributed by atoms with E-state index >= 15 is 0 Å². The van der Waals surface area contributed by atoms with Crippen LogP contribution < -0.4 is 20.8 Å². The number of aromatic amines is 1. The highest BCUT2D eigenvalue weighted by atomic mass is 16.5. The molecule has 0 aliphatic heterocycles. The Morgan fingerprint density at radius 2 is 1.95 bits per heavy atom. The first-order valence-corrected chi connectivity index (χ1v) is 5.65. The van der Waals surface area contributed by atoms with Gasteiger partial charge in [0.25, 0.3) is 5.56 Å². The summed E-state index contributed by atoms with van der Waals surface area (Å²) in [7, 11) is 3.04. The summed E-state index contributed by atoms with van der Waals surface area (Å²) in [5.74, 6) is 1.50. The first-order valence-electron chi connectivity index (χ1n) is 5.65. The van der Waals surface area contributed by atoms with Gasteiger partial charge in [-0.15, -0.1) is 0 Å². The van der Waals surface area contributed by atoms with Crippen molar-refractivity contribution in [2.24, 2.45) is 0 Å². The second-order valence-corrected chi connectivity index (χ2v) is 4.02. The minimum atomic E-state index is -0.212. The van der Waals surface area contributed by atoms with Gasteiger partial charge >= 0.3 is 0 Å². The molecule has 0 fully saturated rings. The lowest BCUT2D eigenvalue weighted by atomic mass is 10.1. The van der Waals surface area contributed by atoms with Gasteiger partial charge in [-0.3, -0.25) is 4.79 Å². The quantitative estimate of drug-likeness (QED) is 0.814. The number of hydrogen-bond acceptors (Lipinski definition) is 5. The van der Waals surface area contributed by atoms with Crippen LogP contribution in [0, 0.1) is 6.92 Å². The van der Waals surface area contributed by atoms with E-state index in [4.69, 9.17) is 15.2 Å². The van der Waals surface area contributed by atoms with Crippen molar-refractivity contribution >= 4 is 5.69 Å². The summed E-state index contributed by atoms with van der Waals surface area (Å²) in [5, 5.41) is 0. The molecule has 100 valence electrons. The standard InChI is InChI=1S/C13H15N3O3/c1-7-15-10(6-12(17)16-7)8-4-9(14)13(19-3)11(5-8)18-2/h4-6H,14H2,1-3H3,(H,15,16,17). The Morgan fingerprint density at radius 1 is 1.21 bits per heavy atom. The van der Waals surface area contributed by atoms with Crippen LogP contribution in [0.2, 0.25) is 0 Å². The van der Waals surface area contributed by atoms with E-state index < -0.39 is 0 Å². The van der Waals surface area contributed by atoms with Crippen LogP contribution in [0.3, 0.4) is 0 Å². The molecule has 6 heteroatoms. The van der Waals surface area contributed by atoms with Crippen LogP contribution >= 0.6 is 0 Å². The molecular formula is C13H15N3O3. The van der Waals surface area contributed by atoms with Gasteiger partial charge in [0, 0.05) is 11.6 Å². The molecule has 19 heavy (non-hydrogen) atoms. The van der Waals surface area contributed by atoms with Gasteiger partial charge in [-0.2, -0.15) is 0 Å². The summed E-state index contributed by atoms with van der Waals surface area (Å²) in [6.07, 6.45) is 0.